The van der Waals surface area contributed by atoms with E-state index in [0.717, 1.165) is 5.56 Å². The summed E-state index contributed by atoms with van der Waals surface area (Å²) in [6, 6.07) is 6.14. The van der Waals surface area contributed by atoms with Crippen molar-refractivity contribution in [2.75, 3.05) is 13.2 Å². The molecule has 0 unspecified atom stereocenters. The van der Waals surface area contributed by atoms with E-state index in [1.165, 1.54) is 12.1 Å². The van der Waals surface area contributed by atoms with Gasteiger partial charge in [-0.05, 0) is 30.5 Å². The molecule has 0 aromatic heterocycles. The van der Waals surface area contributed by atoms with Crippen LogP contribution in [0.1, 0.15) is 18.4 Å². The first-order chi connectivity index (χ1) is 8.60. The van der Waals surface area contributed by atoms with Gasteiger partial charge in [0.1, 0.15) is 5.82 Å². The minimum Gasteiger partial charge on any atom is -0.381 e. The van der Waals surface area contributed by atoms with Gasteiger partial charge in [-0.2, -0.15) is 0 Å². The van der Waals surface area contributed by atoms with Gasteiger partial charge >= 0.3 is 0 Å². The zero-order valence-corrected chi connectivity index (χ0v) is 11.3. The molecule has 1 heterocycles. The summed E-state index contributed by atoms with van der Waals surface area (Å²) >= 11 is 0. The Kier molecular flexibility index (Phi) is 5.72. The maximum absolute atomic E-state index is 13.0. The molecular formula is C13H18ClFN2O2. The number of amides is 1. The Labute approximate surface area is 117 Å². The fourth-order valence-electron chi connectivity index (χ4n) is 1.97. The molecule has 0 aliphatic carbocycles. The summed E-state index contributed by atoms with van der Waals surface area (Å²) in [4.78, 5) is 12.0. The molecule has 4 nitrogen and oxygen atoms in total. The highest BCUT2D eigenvalue weighted by Gasteiger charge is 2.35. The number of benzene rings is 1. The largest absolute Gasteiger partial charge is 0.381 e. The molecule has 6 heteroatoms. The lowest BCUT2D eigenvalue weighted by Crippen LogP contribution is -2.56. The SMILES string of the molecule is Cl.NC1(C(=O)NCc2cccc(F)c2)CCOCC1. The average molecular weight is 289 g/mol. The fourth-order valence-corrected chi connectivity index (χ4v) is 1.97. The van der Waals surface area contributed by atoms with Crippen LogP contribution in [0.5, 0.6) is 0 Å². The van der Waals surface area contributed by atoms with Crippen LogP contribution in [0, 0.1) is 5.82 Å². The van der Waals surface area contributed by atoms with Gasteiger partial charge in [-0.25, -0.2) is 4.39 Å². The van der Waals surface area contributed by atoms with Gasteiger partial charge in [-0.15, -0.1) is 12.4 Å². The summed E-state index contributed by atoms with van der Waals surface area (Å²) in [5, 5.41) is 2.75. The van der Waals surface area contributed by atoms with Crippen LogP contribution in [0.25, 0.3) is 0 Å². The van der Waals surface area contributed by atoms with Gasteiger partial charge in [-0.3, -0.25) is 4.79 Å². The van der Waals surface area contributed by atoms with Crippen LogP contribution in [0.4, 0.5) is 4.39 Å². The number of ether oxygens (including phenoxy) is 1. The number of rotatable bonds is 3. The first-order valence-electron chi connectivity index (χ1n) is 5.99. The van der Waals surface area contributed by atoms with Crippen molar-refractivity contribution in [3.05, 3.63) is 35.6 Å². The minimum atomic E-state index is -0.856. The molecule has 0 saturated carbocycles. The maximum atomic E-state index is 13.0. The van der Waals surface area contributed by atoms with Crippen molar-refractivity contribution in [3.8, 4) is 0 Å². The number of hydrogen-bond donors (Lipinski definition) is 2. The van der Waals surface area contributed by atoms with E-state index in [9.17, 15) is 9.18 Å². The number of hydrogen-bond acceptors (Lipinski definition) is 3. The van der Waals surface area contributed by atoms with Crippen LogP contribution < -0.4 is 11.1 Å². The predicted molar refractivity (Wildman–Crippen MR) is 72.5 cm³/mol. The Bertz CT molecular complexity index is 436. The summed E-state index contributed by atoms with van der Waals surface area (Å²) in [6.07, 6.45) is 1.03. The lowest BCUT2D eigenvalue weighted by molar-refractivity contribution is -0.129. The topological polar surface area (TPSA) is 64.4 Å². The molecule has 1 aliphatic rings. The molecule has 19 heavy (non-hydrogen) atoms. The summed E-state index contributed by atoms with van der Waals surface area (Å²) in [7, 11) is 0. The van der Waals surface area contributed by atoms with Crippen LogP contribution in [0.3, 0.4) is 0 Å². The molecule has 106 valence electrons. The van der Waals surface area contributed by atoms with E-state index in [-0.39, 0.29) is 30.7 Å². The zero-order chi connectivity index (χ0) is 13.0. The van der Waals surface area contributed by atoms with E-state index < -0.39 is 5.54 Å². The maximum Gasteiger partial charge on any atom is 0.240 e. The van der Waals surface area contributed by atoms with Crippen LogP contribution in [-0.4, -0.2) is 24.7 Å². The molecule has 1 saturated heterocycles. The van der Waals surface area contributed by atoms with Crippen LogP contribution in [-0.2, 0) is 16.1 Å². The molecule has 0 bridgehead atoms. The van der Waals surface area contributed by atoms with Crippen LogP contribution >= 0.6 is 12.4 Å². The average Bonchev–Trinajstić information content (AvgIpc) is 2.37. The third-order valence-corrected chi connectivity index (χ3v) is 3.18. The smallest absolute Gasteiger partial charge is 0.240 e. The fraction of sp³-hybridized carbons (Fsp3) is 0.462. The molecule has 1 amide bonds. The Balaban J connectivity index is 0.00000180. The summed E-state index contributed by atoms with van der Waals surface area (Å²) < 4.78 is 18.2. The van der Waals surface area contributed by atoms with Gasteiger partial charge in [0.25, 0.3) is 0 Å². The molecule has 1 aliphatic heterocycles. The molecule has 1 fully saturated rings. The Morgan fingerprint density at radius 2 is 2.11 bits per heavy atom. The van der Waals surface area contributed by atoms with Crippen molar-refractivity contribution in [1.82, 2.24) is 5.32 Å². The standard InChI is InChI=1S/C13H17FN2O2.ClH/c14-11-3-1-2-10(8-11)9-16-12(17)13(15)4-6-18-7-5-13;/h1-3,8H,4-7,9,15H2,(H,16,17);1H. The van der Waals surface area contributed by atoms with Crippen molar-refractivity contribution in [1.29, 1.82) is 0 Å². The second-order valence-corrected chi connectivity index (χ2v) is 4.58. The van der Waals surface area contributed by atoms with Gasteiger partial charge in [0, 0.05) is 19.8 Å². The molecule has 0 radical (unpaired) electrons. The van der Waals surface area contributed by atoms with E-state index in [0.29, 0.717) is 26.1 Å². The minimum absolute atomic E-state index is 0. The molecule has 1 aromatic carbocycles. The third-order valence-electron chi connectivity index (χ3n) is 3.18. The van der Waals surface area contributed by atoms with Gasteiger partial charge in [0.05, 0.1) is 5.54 Å². The first kappa shape index (κ1) is 15.9. The predicted octanol–water partition coefficient (Wildman–Crippen LogP) is 1.37. The normalized spacial score (nSPS) is 17.4. The van der Waals surface area contributed by atoms with Gasteiger partial charge in [-0.1, -0.05) is 12.1 Å². The Hall–Kier alpha value is -1.17. The number of carbonyl (C=O) groups excluding carboxylic acids is 1. The molecule has 0 spiro atoms. The quantitative estimate of drug-likeness (QED) is 0.883. The van der Waals surface area contributed by atoms with Crippen LogP contribution in [0.2, 0.25) is 0 Å². The number of nitrogens with two attached hydrogens (primary N) is 1. The van der Waals surface area contributed by atoms with Crippen molar-refractivity contribution >= 4 is 18.3 Å². The Morgan fingerprint density at radius 1 is 1.42 bits per heavy atom. The van der Waals surface area contributed by atoms with Crippen molar-refractivity contribution in [2.45, 2.75) is 24.9 Å². The number of carbonyl (C=O) groups is 1. The first-order valence-corrected chi connectivity index (χ1v) is 5.99. The third kappa shape index (κ3) is 4.16. The zero-order valence-electron chi connectivity index (χ0n) is 10.5. The monoisotopic (exact) mass is 288 g/mol. The highest BCUT2D eigenvalue weighted by atomic mass is 35.5. The Morgan fingerprint density at radius 3 is 2.74 bits per heavy atom. The van der Waals surface area contributed by atoms with Crippen molar-refractivity contribution in [2.24, 2.45) is 5.73 Å². The summed E-state index contributed by atoms with van der Waals surface area (Å²) in [6.45, 7) is 1.30. The van der Waals surface area contributed by atoms with E-state index in [1.807, 2.05) is 0 Å². The summed E-state index contributed by atoms with van der Waals surface area (Å²) in [5.41, 5.74) is 5.90. The van der Waals surface area contributed by atoms with E-state index >= 15 is 0 Å². The second kappa shape index (κ2) is 6.84. The van der Waals surface area contributed by atoms with E-state index in [1.54, 1.807) is 12.1 Å². The molecule has 3 N–H and O–H groups in total. The van der Waals surface area contributed by atoms with Gasteiger partial charge in [0.15, 0.2) is 0 Å². The van der Waals surface area contributed by atoms with Crippen molar-refractivity contribution < 1.29 is 13.9 Å². The highest BCUT2D eigenvalue weighted by molar-refractivity contribution is 5.86. The van der Waals surface area contributed by atoms with Crippen LogP contribution in [0.15, 0.2) is 24.3 Å². The molecule has 0 atom stereocenters. The lowest BCUT2D eigenvalue weighted by atomic mass is 9.90. The molecule has 2 rings (SSSR count). The van der Waals surface area contributed by atoms with Crippen molar-refractivity contribution in [3.63, 3.8) is 0 Å². The van der Waals surface area contributed by atoms with E-state index in [4.69, 9.17) is 10.5 Å². The van der Waals surface area contributed by atoms with Gasteiger partial charge in [0.2, 0.25) is 5.91 Å². The second-order valence-electron chi connectivity index (χ2n) is 4.58. The molecular weight excluding hydrogens is 271 g/mol. The summed E-state index contributed by atoms with van der Waals surface area (Å²) in [5.74, 6) is -0.509. The number of halogens is 2. The molecule has 1 aromatic rings. The lowest BCUT2D eigenvalue weighted by Gasteiger charge is -2.31. The highest BCUT2D eigenvalue weighted by Crippen LogP contribution is 2.17. The van der Waals surface area contributed by atoms with Gasteiger partial charge < -0.3 is 15.8 Å². The van der Waals surface area contributed by atoms with E-state index in [2.05, 4.69) is 5.32 Å². The number of nitrogens with one attached hydrogen (secondary N) is 1.